The number of benzene rings is 2. The van der Waals surface area contributed by atoms with Crippen LogP contribution in [-0.2, 0) is 12.8 Å². The van der Waals surface area contributed by atoms with Crippen LogP contribution in [0.3, 0.4) is 0 Å². The van der Waals surface area contributed by atoms with Crippen molar-refractivity contribution in [1.82, 2.24) is 0 Å². The van der Waals surface area contributed by atoms with Gasteiger partial charge in [-0.25, -0.2) is 0 Å². The van der Waals surface area contributed by atoms with Gasteiger partial charge in [0.2, 0.25) is 0 Å². The van der Waals surface area contributed by atoms with E-state index in [9.17, 15) is 0 Å². The minimum absolute atomic E-state index is 0.458. The van der Waals surface area contributed by atoms with Crippen molar-refractivity contribution in [3.05, 3.63) is 59.7 Å². The van der Waals surface area contributed by atoms with Crippen LogP contribution in [0.4, 0.5) is 5.69 Å². The van der Waals surface area contributed by atoms with E-state index in [4.69, 9.17) is 10.5 Å². The molecule has 122 valence electrons. The first kappa shape index (κ1) is 16.9. The molecule has 0 unspecified atom stereocenters. The summed E-state index contributed by atoms with van der Waals surface area (Å²) in [4.78, 5) is 4.37. The van der Waals surface area contributed by atoms with Gasteiger partial charge in [0.1, 0.15) is 5.75 Å². The number of methoxy groups -OCH3 is 1. The third-order valence-electron chi connectivity index (χ3n) is 3.67. The summed E-state index contributed by atoms with van der Waals surface area (Å²) in [6, 6.07) is 16.4. The molecule has 0 saturated carbocycles. The van der Waals surface area contributed by atoms with Crippen molar-refractivity contribution >= 4 is 11.6 Å². The maximum Gasteiger partial charge on any atom is 0.193 e. The summed E-state index contributed by atoms with van der Waals surface area (Å²) in [6.45, 7) is 2.84. The minimum atomic E-state index is 0.458. The lowest BCUT2D eigenvalue weighted by Gasteiger charge is -2.07. The lowest BCUT2D eigenvalue weighted by atomic mass is 10.1. The zero-order chi connectivity index (χ0) is 16.5. The number of hydrogen-bond donors (Lipinski definition) is 2. The highest BCUT2D eigenvalue weighted by Crippen LogP contribution is 2.14. The molecule has 0 aliphatic carbocycles. The number of nitrogens with one attached hydrogen (secondary N) is 1. The van der Waals surface area contributed by atoms with E-state index in [-0.39, 0.29) is 0 Å². The molecule has 0 saturated heterocycles. The standard InChI is InChI=1S/C19H25N3O/c1-3-15-9-11-17(12-10-15)22-19(20)21-13-5-7-16-6-4-8-18(14-16)23-2/h4,6,8-12,14H,3,5,7,13H2,1-2H3,(H3,20,21,22). The SMILES string of the molecule is CCc1ccc(NC(N)=NCCCc2cccc(OC)c2)cc1. The molecule has 0 spiro atoms. The van der Waals surface area contributed by atoms with Crippen molar-refractivity contribution in [1.29, 1.82) is 0 Å². The van der Waals surface area contributed by atoms with Crippen LogP contribution in [0.2, 0.25) is 0 Å². The van der Waals surface area contributed by atoms with E-state index >= 15 is 0 Å². The van der Waals surface area contributed by atoms with Gasteiger partial charge in [0.15, 0.2) is 5.96 Å². The second-order valence-electron chi connectivity index (χ2n) is 5.40. The predicted octanol–water partition coefficient (Wildman–Crippen LogP) is 3.62. The van der Waals surface area contributed by atoms with Crippen LogP contribution in [0.5, 0.6) is 5.75 Å². The van der Waals surface area contributed by atoms with Gasteiger partial charge in [0.05, 0.1) is 7.11 Å². The monoisotopic (exact) mass is 311 g/mol. The molecule has 0 aliphatic rings. The number of ether oxygens (including phenoxy) is 1. The van der Waals surface area contributed by atoms with Crippen LogP contribution < -0.4 is 15.8 Å². The Labute approximate surface area is 138 Å². The first-order valence-corrected chi connectivity index (χ1v) is 8.00. The van der Waals surface area contributed by atoms with Crippen molar-refractivity contribution in [2.24, 2.45) is 10.7 Å². The lowest BCUT2D eigenvalue weighted by Crippen LogP contribution is -2.22. The van der Waals surface area contributed by atoms with Gasteiger partial charge in [0.25, 0.3) is 0 Å². The van der Waals surface area contributed by atoms with Crippen LogP contribution in [0.15, 0.2) is 53.5 Å². The summed E-state index contributed by atoms with van der Waals surface area (Å²) in [6.07, 6.45) is 2.94. The summed E-state index contributed by atoms with van der Waals surface area (Å²) in [5.41, 5.74) is 9.45. The molecular weight excluding hydrogens is 286 g/mol. The van der Waals surface area contributed by atoms with Gasteiger partial charge in [-0.3, -0.25) is 4.99 Å². The molecule has 2 rings (SSSR count). The maximum absolute atomic E-state index is 5.92. The van der Waals surface area contributed by atoms with Crippen molar-refractivity contribution < 1.29 is 4.74 Å². The fourth-order valence-corrected chi connectivity index (χ4v) is 2.32. The molecule has 4 nitrogen and oxygen atoms in total. The van der Waals surface area contributed by atoms with E-state index in [0.29, 0.717) is 12.5 Å². The Morgan fingerprint density at radius 2 is 1.91 bits per heavy atom. The van der Waals surface area contributed by atoms with Crippen LogP contribution >= 0.6 is 0 Å². The summed E-state index contributed by atoms with van der Waals surface area (Å²) in [5.74, 6) is 1.35. The molecule has 4 heteroatoms. The number of nitrogens with two attached hydrogens (primary N) is 1. The fraction of sp³-hybridized carbons (Fsp3) is 0.316. The summed E-state index contributed by atoms with van der Waals surface area (Å²) < 4.78 is 5.22. The summed E-state index contributed by atoms with van der Waals surface area (Å²) >= 11 is 0. The van der Waals surface area contributed by atoms with Crippen LogP contribution in [0.1, 0.15) is 24.5 Å². The van der Waals surface area contributed by atoms with Gasteiger partial charge in [-0.2, -0.15) is 0 Å². The molecule has 0 atom stereocenters. The average Bonchev–Trinajstić information content (AvgIpc) is 2.59. The molecule has 0 fully saturated rings. The van der Waals surface area contributed by atoms with Crippen LogP contribution in [-0.4, -0.2) is 19.6 Å². The maximum atomic E-state index is 5.92. The Kier molecular flexibility index (Phi) is 6.48. The van der Waals surface area contributed by atoms with Crippen LogP contribution in [0, 0.1) is 0 Å². The number of nitrogens with zero attached hydrogens (tertiary/aromatic N) is 1. The highest BCUT2D eigenvalue weighted by molar-refractivity contribution is 5.92. The molecule has 2 aromatic rings. The number of aliphatic imine (C=N–C) groups is 1. The Morgan fingerprint density at radius 3 is 2.61 bits per heavy atom. The normalized spacial score (nSPS) is 11.3. The van der Waals surface area contributed by atoms with Crippen LogP contribution in [0.25, 0.3) is 0 Å². The molecule has 0 aromatic heterocycles. The first-order valence-electron chi connectivity index (χ1n) is 8.00. The van der Waals surface area contributed by atoms with Gasteiger partial charge in [-0.1, -0.05) is 31.2 Å². The van der Waals surface area contributed by atoms with Gasteiger partial charge >= 0.3 is 0 Å². The molecule has 23 heavy (non-hydrogen) atoms. The molecule has 3 N–H and O–H groups in total. The average molecular weight is 311 g/mol. The van der Waals surface area contributed by atoms with E-state index in [0.717, 1.165) is 30.7 Å². The van der Waals surface area contributed by atoms with Crippen molar-refractivity contribution in [3.63, 3.8) is 0 Å². The molecule has 0 radical (unpaired) electrons. The summed E-state index contributed by atoms with van der Waals surface area (Å²) in [7, 11) is 1.68. The van der Waals surface area contributed by atoms with Gasteiger partial charge in [0, 0.05) is 12.2 Å². The zero-order valence-electron chi connectivity index (χ0n) is 13.9. The second kappa shape index (κ2) is 8.83. The quantitative estimate of drug-likeness (QED) is 0.466. The van der Waals surface area contributed by atoms with Gasteiger partial charge < -0.3 is 15.8 Å². The first-order chi connectivity index (χ1) is 11.2. The van der Waals surface area contributed by atoms with Crippen molar-refractivity contribution in [2.75, 3.05) is 19.0 Å². The smallest absolute Gasteiger partial charge is 0.193 e. The second-order valence-corrected chi connectivity index (χ2v) is 5.40. The number of aryl methyl sites for hydroxylation is 2. The third kappa shape index (κ3) is 5.66. The molecular formula is C19H25N3O. The Balaban J connectivity index is 1.77. The number of rotatable bonds is 7. The van der Waals surface area contributed by atoms with E-state index in [2.05, 4.69) is 41.5 Å². The number of guanidine groups is 1. The molecule has 0 amide bonds. The predicted molar refractivity (Wildman–Crippen MR) is 97.2 cm³/mol. The van der Waals surface area contributed by atoms with E-state index in [1.165, 1.54) is 11.1 Å². The molecule has 0 aliphatic heterocycles. The molecule has 2 aromatic carbocycles. The van der Waals surface area contributed by atoms with Gasteiger partial charge in [-0.05, 0) is 54.7 Å². The highest BCUT2D eigenvalue weighted by Gasteiger charge is 1.98. The Bertz CT molecular complexity index is 635. The summed E-state index contributed by atoms with van der Waals surface area (Å²) in [5, 5.41) is 3.12. The fourth-order valence-electron chi connectivity index (χ4n) is 2.32. The third-order valence-corrected chi connectivity index (χ3v) is 3.67. The number of anilines is 1. The lowest BCUT2D eigenvalue weighted by molar-refractivity contribution is 0.414. The van der Waals surface area contributed by atoms with Gasteiger partial charge in [-0.15, -0.1) is 0 Å². The Morgan fingerprint density at radius 1 is 1.13 bits per heavy atom. The van der Waals surface area contributed by atoms with E-state index in [1.54, 1.807) is 7.11 Å². The minimum Gasteiger partial charge on any atom is -0.497 e. The zero-order valence-corrected chi connectivity index (χ0v) is 13.9. The van der Waals surface area contributed by atoms with E-state index < -0.39 is 0 Å². The van der Waals surface area contributed by atoms with E-state index in [1.807, 2.05) is 24.3 Å². The highest BCUT2D eigenvalue weighted by atomic mass is 16.5. The largest absolute Gasteiger partial charge is 0.497 e. The molecule has 0 heterocycles. The number of hydrogen-bond acceptors (Lipinski definition) is 2. The Hall–Kier alpha value is -2.49. The van der Waals surface area contributed by atoms with Crippen molar-refractivity contribution in [2.45, 2.75) is 26.2 Å². The topological polar surface area (TPSA) is 59.6 Å². The van der Waals surface area contributed by atoms with Crippen molar-refractivity contribution in [3.8, 4) is 5.75 Å². The molecule has 0 bridgehead atoms.